The highest BCUT2D eigenvalue weighted by atomic mass is 16.3. The van der Waals surface area contributed by atoms with E-state index in [0.717, 1.165) is 18.7 Å². The minimum atomic E-state index is -0.309. The van der Waals surface area contributed by atoms with Gasteiger partial charge in [0.25, 0.3) is 0 Å². The van der Waals surface area contributed by atoms with Crippen LogP contribution in [0.25, 0.3) is 0 Å². The van der Waals surface area contributed by atoms with Gasteiger partial charge in [-0.3, -0.25) is 0 Å². The largest absolute Gasteiger partial charge is 0.398 e. The van der Waals surface area contributed by atoms with Gasteiger partial charge in [0.15, 0.2) is 0 Å². The molecular weight excluding hydrogens is 188 g/mol. The molecular formula is C12H20N2O. The summed E-state index contributed by atoms with van der Waals surface area (Å²) in [5.41, 5.74) is 9.17. The molecule has 1 unspecified atom stereocenters. The zero-order valence-electron chi connectivity index (χ0n) is 9.46. The van der Waals surface area contributed by atoms with E-state index in [2.05, 4.69) is 18.3 Å². The van der Waals surface area contributed by atoms with Gasteiger partial charge < -0.3 is 16.2 Å². The van der Waals surface area contributed by atoms with E-state index in [0.29, 0.717) is 6.54 Å². The minimum absolute atomic E-state index is 0.309. The molecule has 0 bridgehead atoms. The van der Waals surface area contributed by atoms with Gasteiger partial charge in [-0.15, -0.1) is 0 Å². The summed E-state index contributed by atoms with van der Waals surface area (Å²) in [5.74, 6) is 0. The third-order valence-corrected chi connectivity index (χ3v) is 2.42. The smallest absolute Gasteiger partial charge is 0.0636 e. The lowest BCUT2D eigenvalue weighted by atomic mass is 10.0. The number of rotatable bonds is 5. The molecule has 0 aliphatic rings. The van der Waals surface area contributed by atoms with Gasteiger partial charge in [-0.05, 0) is 30.5 Å². The van der Waals surface area contributed by atoms with Crippen molar-refractivity contribution in [2.24, 2.45) is 0 Å². The van der Waals surface area contributed by atoms with E-state index in [1.807, 2.05) is 12.1 Å². The lowest BCUT2D eigenvalue weighted by Crippen LogP contribution is -2.24. The summed E-state index contributed by atoms with van der Waals surface area (Å²) in [4.78, 5) is 0. The Kier molecular flexibility index (Phi) is 4.59. The second kappa shape index (κ2) is 5.73. The van der Waals surface area contributed by atoms with Gasteiger partial charge in [-0.1, -0.05) is 19.1 Å². The molecule has 4 N–H and O–H groups in total. The van der Waals surface area contributed by atoms with Crippen LogP contribution in [0.15, 0.2) is 18.2 Å². The van der Waals surface area contributed by atoms with E-state index < -0.39 is 0 Å². The molecule has 3 heteroatoms. The van der Waals surface area contributed by atoms with Crippen LogP contribution in [-0.4, -0.2) is 17.8 Å². The van der Waals surface area contributed by atoms with Crippen LogP contribution in [0.1, 0.15) is 25.0 Å². The van der Waals surface area contributed by atoms with Crippen LogP contribution >= 0.6 is 0 Å². The van der Waals surface area contributed by atoms with E-state index in [-0.39, 0.29) is 6.10 Å². The number of aliphatic hydroxyl groups excluding tert-OH is 1. The van der Waals surface area contributed by atoms with Crippen molar-refractivity contribution in [1.29, 1.82) is 0 Å². The Bertz CT molecular complexity index is 310. The molecule has 0 aromatic heterocycles. The first kappa shape index (κ1) is 12.0. The number of hydrogen-bond donors (Lipinski definition) is 3. The minimum Gasteiger partial charge on any atom is -0.398 e. The molecule has 84 valence electrons. The molecule has 0 radical (unpaired) electrons. The van der Waals surface area contributed by atoms with Gasteiger partial charge in [-0.25, -0.2) is 0 Å². The van der Waals surface area contributed by atoms with Gasteiger partial charge >= 0.3 is 0 Å². The zero-order chi connectivity index (χ0) is 11.3. The van der Waals surface area contributed by atoms with Crippen molar-refractivity contribution in [3.63, 3.8) is 0 Å². The van der Waals surface area contributed by atoms with Gasteiger partial charge in [0.2, 0.25) is 0 Å². The Morgan fingerprint density at radius 1 is 1.47 bits per heavy atom. The van der Waals surface area contributed by atoms with Crippen LogP contribution in [0.3, 0.4) is 0 Å². The summed E-state index contributed by atoms with van der Waals surface area (Å²) in [7, 11) is 0. The van der Waals surface area contributed by atoms with Gasteiger partial charge in [0.1, 0.15) is 0 Å². The summed E-state index contributed by atoms with van der Waals surface area (Å²) in [6, 6.07) is 5.97. The first-order valence-corrected chi connectivity index (χ1v) is 5.40. The van der Waals surface area contributed by atoms with Crippen LogP contribution < -0.4 is 11.1 Å². The molecule has 0 heterocycles. The molecule has 0 saturated carbocycles. The number of hydrogen-bond acceptors (Lipinski definition) is 3. The number of nitrogen functional groups attached to an aromatic ring is 1. The summed E-state index contributed by atoms with van der Waals surface area (Å²) < 4.78 is 0. The highest BCUT2D eigenvalue weighted by Gasteiger charge is 2.04. The predicted octanol–water partition coefficient (Wildman–Crippen LogP) is 1.30. The van der Waals surface area contributed by atoms with E-state index in [9.17, 15) is 0 Å². The third kappa shape index (κ3) is 3.53. The Morgan fingerprint density at radius 3 is 2.80 bits per heavy atom. The van der Waals surface area contributed by atoms with Crippen LogP contribution in [0.2, 0.25) is 0 Å². The number of benzene rings is 1. The highest BCUT2D eigenvalue weighted by molar-refractivity contribution is 5.50. The zero-order valence-corrected chi connectivity index (χ0v) is 9.46. The summed E-state index contributed by atoms with van der Waals surface area (Å²) in [5, 5.41) is 12.3. The SMILES string of the molecule is CCc1c(N)cccc1CNCC(C)O. The molecule has 0 spiro atoms. The lowest BCUT2D eigenvalue weighted by Gasteiger charge is -2.12. The van der Waals surface area contributed by atoms with E-state index >= 15 is 0 Å². The summed E-state index contributed by atoms with van der Waals surface area (Å²) >= 11 is 0. The second-order valence-electron chi connectivity index (χ2n) is 3.82. The number of anilines is 1. The van der Waals surface area contributed by atoms with Crippen molar-refractivity contribution in [3.8, 4) is 0 Å². The normalized spacial score (nSPS) is 12.7. The Hall–Kier alpha value is -1.06. The van der Waals surface area contributed by atoms with Crippen molar-refractivity contribution in [1.82, 2.24) is 5.32 Å². The molecule has 0 amide bonds. The molecule has 0 saturated heterocycles. The lowest BCUT2D eigenvalue weighted by molar-refractivity contribution is 0.191. The third-order valence-electron chi connectivity index (χ3n) is 2.42. The Balaban J connectivity index is 2.64. The maximum absolute atomic E-state index is 9.12. The molecule has 1 rings (SSSR count). The summed E-state index contributed by atoms with van der Waals surface area (Å²) in [6.45, 7) is 5.24. The van der Waals surface area contributed by atoms with Crippen LogP contribution in [0.5, 0.6) is 0 Å². The maximum atomic E-state index is 9.12. The van der Waals surface area contributed by atoms with Gasteiger partial charge in [0.05, 0.1) is 6.10 Å². The molecule has 3 nitrogen and oxygen atoms in total. The number of aliphatic hydroxyl groups is 1. The fourth-order valence-electron chi connectivity index (χ4n) is 1.67. The number of nitrogens with two attached hydrogens (primary N) is 1. The standard InChI is InChI=1S/C12H20N2O/c1-3-11-10(5-4-6-12(11)13)8-14-7-9(2)15/h4-6,9,14-15H,3,7-8,13H2,1-2H3. The van der Waals surface area contributed by atoms with Crippen LogP contribution in [0, 0.1) is 0 Å². The molecule has 0 fully saturated rings. The second-order valence-corrected chi connectivity index (χ2v) is 3.82. The molecule has 1 atom stereocenters. The monoisotopic (exact) mass is 208 g/mol. The van der Waals surface area contributed by atoms with Crippen molar-refractivity contribution in [3.05, 3.63) is 29.3 Å². The topological polar surface area (TPSA) is 58.3 Å². The van der Waals surface area contributed by atoms with Crippen LogP contribution in [-0.2, 0) is 13.0 Å². The maximum Gasteiger partial charge on any atom is 0.0636 e. The first-order chi connectivity index (χ1) is 7.15. The first-order valence-electron chi connectivity index (χ1n) is 5.40. The molecule has 0 aliphatic carbocycles. The molecule has 1 aromatic rings. The Labute approximate surface area is 91.3 Å². The molecule has 1 aromatic carbocycles. The Morgan fingerprint density at radius 2 is 2.20 bits per heavy atom. The van der Waals surface area contributed by atoms with E-state index in [1.54, 1.807) is 6.92 Å². The molecule has 15 heavy (non-hydrogen) atoms. The fourth-order valence-corrected chi connectivity index (χ4v) is 1.67. The van der Waals surface area contributed by atoms with E-state index in [1.165, 1.54) is 11.1 Å². The van der Waals surface area contributed by atoms with Crippen molar-refractivity contribution in [2.45, 2.75) is 32.9 Å². The van der Waals surface area contributed by atoms with Crippen LogP contribution in [0.4, 0.5) is 5.69 Å². The van der Waals surface area contributed by atoms with Gasteiger partial charge in [-0.2, -0.15) is 0 Å². The van der Waals surface area contributed by atoms with Crippen molar-refractivity contribution < 1.29 is 5.11 Å². The predicted molar refractivity (Wildman–Crippen MR) is 63.6 cm³/mol. The highest BCUT2D eigenvalue weighted by Crippen LogP contribution is 2.17. The summed E-state index contributed by atoms with van der Waals surface area (Å²) in [6.07, 6.45) is 0.634. The van der Waals surface area contributed by atoms with Crippen molar-refractivity contribution >= 4 is 5.69 Å². The average molecular weight is 208 g/mol. The molecule has 0 aliphatic heterocycles. The number of nitrogens with one attached hydrogen (secondary N) is 1. The van der Waals surface area contributed by atoms with Crippen molar-refractivity contribution in [2.75, 3.05) is 12.3 Å². The quantitative estimate of drug-likeness (QED) is 0.639. The fraction of sp³-hybridized carbons (Fsp3) is 0.500. The van der Waals surface area contributed by atoms with E-state index in [4.69, 9.17) is 10.8 Å². The van der Waals surface area contributed by atoms with Gasteiger partial charge in [0, 0.05) is 18.8 Å². The average Bonchev–Trinajstić information content (AvgIpc) is 2.17.